The lowest BCUT2D eigenvalue weighted by atomic mass is 9.89. The molecule has 1 amide bonds. The Hall–Kier alpha value is -3.90. The van der Waals surface area contributed by atoms with Gasteiger partial charge >= 0.3 is 6.01 Å². The van der Waals surface area contributed by atoms with Crippen molar-refractivity contribution in [2.75, 3.05) is 49.6 Å². The zero-order chi connectivity index (χ0) is 28.3. The average Bonchev–Trinajstić information content (AvgIpc) is 3.40. The van der Waals surface area contributed by atoms with Crippen molar-refractivity contribution in [1.29, 1.82) is 5.26 Å². The number of likely N-dealkylation sites (tertiary alicyclic amines) is 1. The number of likely N-dealkylation sites (N-methyl/N-ethyl adjacent to an activating group) is 1. The first-order valence-electron chi connectivity index (χ1n) is 14.8. The van der Waals surface area contributed by atoms with Gasteiger partial charge in [-0.25, -0.2) is 0 Å². The highest BCUT2D eigenvalue weighted by molar-refractivity contribution is 5.97. The van der Waals surface area contributed by atoms with E-state index >= 15 is 0 Å². The van der Waals surface area contributed by atoms with Gasteiger partial charge in [0.25, 0.3) is 0 Å². The van der Waals surface area contributed by atoms with Crippen LogP contribution in [0.5, 0.6) is 6.01 Å². The van der Waals surface area contributed by atoms with Gasteiger partial charge in [0.1, 0.15) is 12.4 Å². The summed E-state index contributed by atoms with van der Waals surface area (Å²) in [4.78, 5) is 28.3. The van der Waals surface area contributed by atoms with Gasteiger partial charge in [-0.3, -0.25) is 4.79 Å². The van der Waals surface area contributed by atoms with Crippen molar-refractivity contribution in [2.45, 2.75) is 57.7 Å². The van der Waals surface area contributed by atoms with Gasteiger partial charge in [0.2, 0.25) is 6.41 Å². The number of piperidine rings is 1. The van der Waals surface area contributed by atoms with Gasteiger partial charge in [-0.1, -0.05) is 30.3 Å². The van der Waals surface area contributed by atoms with Gasteiger partial charge in [-0.2, -0.15) is 15.2 Å². The van der Waals surface area contributed by atoms with Crippen LogP contribution in [0.4, 0.5) is 11.5 Å². The molecule has 1 aromatic heterocycles. The summed E-state index contributed by atoms with van der Waals surface area (Å²) in [6.07, 6.45) is 5.05. The fraction of sp³-hybridized carbons (Fsp3) is 0.500. The van der Waals surface area contributed by atoms with E-state index in [1.165, 1.54) is 34.0 Å². The Morgan fingerprint density at radius 2 is 1.98 bits per heavy atom. The number of hydrogen-bond donors (Lipinski definition) is 1. The number of nitriles is 1. The Morgan fingerprint density at radius 3 is 2.76 bits per heavy atom. The molecule has 2 saturated heterocycles. The molecule has 9 heteroatoms. The fourth-order valence-corrected chi connectivity index (χ4v) is 6.91. The molecule has 6 rings (SSSR count). The number of ether oxygens (including phenoxy) is 1. The van der Waals surface area contributed by atoms with E-state index in [0.29, 0.717) is 38.2 Å². The third-order valence-corrected chi connectivity index (χ3v) is 9.20. The number of amides is 1. The Bertz CT molecular complexity index is 1450. The highest BCUT2D eigenvalue weighted by Gasteiger charge is 2.33. The smallest absolute Gasteiger partial charge is 0.318 e. The average molecular weight is 554 g/mol. The van der Waals surface area contributed by atoms with E-state index in [1.54, 1.807) is 0 Å². The van der Waals surface area contributed by atoms with Crippen molar-refractivity contribution >= 4 is 28.7 Å². The van der Waals surface area contributed by atoms with Crippen molar-refractivity contribution in [3.05, 3.63) is 53.2 Å². The van der Waals surface area contributed by atoms with Crippen LogP contribution in [0.1, 0.15) is 42.5 Å². The Kier molecular flexibility index (Phi) is 7.93. The minimum Gasteiger partial charge on any atom is -0.462 e. The summed E-state index contributed by atoms with van der Waals surface area (Å²) < 4.78 is 6.30. The van der Waals surface area contributed by atoms with Crippen LogP contribution in [0.2, 0.25) is 0 Å². The molecule has 2 fully saturated rings. The van der Waals surface area contributed by atoms with Crippen LogP contribution in [0.25, 0.3) is 10.8 Å². The molecule has 1 N–H and O–H groups in total. The monoisotopic (exact) mass is 553 g/mol. The molecule has 0 spiro atoms. The van der Waals surface area contributed by atoms with Crippen molar-refractivity contribution in [3.63, 3.8) is 0 Å². The van der Waals surface area contributed by atoms with Gasteiger partial charge in [0.05, 0.1) is 18.3 Å². The van der Waals surface area contributed by atoms with E-state index in [4.69, 9.17) is 14.7 Å². The number of rotatable bonds is 8. The second kappa shape index (κ2) is 11.9. The second-order valence-corrected chi connectivity index (χ2v) is 11.7. The number of carbonyl (C=O) groups excluding carboxylic acids is 1. The molecule has 3 aliphatic rings. The van der Waals surface area contributed by atoms with Crippen LogP contribution in [-0.4, -0.2) is 73.2 Å². The number of nitrogens with zero attached hydrogens (tertiary/aromatic N) is 6. The maximum Gasteiger partial charge on any atom is 0.318 e. The number of fused-ring (bicyclic) bond motifs is 2. The van der Waals surface area contributed by atoms with Crippen LogP contribution >= 0.6 is 0 Å². The highest BCUT2D eigenvalue weighted by Crippen LogP contribution is 2.36. The molecule has 0 bridgehead atoms. The summed E-state index contributed by atoms with van der Waals surface area (Å²) in [7, 11) is 2.15. The van der Waals surface area contributed by atoms with Crippen molar-refractivity contribution in [3.8, 4) is 12.1 Å². The summed E-state index contributed by atoms with van der Waals surface area (Å²) >= 11 is 0. The van der Waals surface area contributed by atoms with Crippen LogP contribution in [0, 0.1) is 24.2 Å². The van der Waals surface area contributed by atoms with Gasteiger partial charge in [0.15, 0.2) is 0 Å². The molecular formula is C32H39N7O2. The normalized spacial score (nSPS) is 22.8. The summed E-state index contributed by atoms with van der Waals surface area (Å²) in [6, 6.07) is 16.1. The quantitative estimate of drug-likeness (QED) is 0.421. The molecule has 0 unspecified atom stereocenters. The van der Waals surface area contributed by atoms with E-state index < -0.39 is 0 Å². The number of aryl methyl sites for hydroxylation is 1. The first-order chi connectivity index (χ1) is 20.1. The second-order valence-electron chi connectivity index (χ2n) is 11.7. The molecule has 2 aromatic carbocycles. The molecule has 3 aliphatic heterocycles. The first kappa shape index (κ1) is 27.3. The van der Waals surface area contributed by atoms with Crippen LogP contribution in [0.3, 0.4) is 0 Å². The van der Waals surface area contributed by atoms with E-state index in [-0.39, 0.29) is 12.0 Å². The number of hydrogen-bond acceptors (Lipinski definition) is 8. The summed E-state index contributed by atoms with van der Waals surface area (Å²) in [5.41, 5.74) is 4.68. The standard InChI is InChI=1S/C32H39N7O2/c1-22-6-3-7-23-8-4-10-29(30(22)23)38-16-12-26-28(19-38)35-32(41-20-25-9-5-15-37(25)2)36-31(26)39-17-13-27(34-21-40)24(18-39)11-14-33/h3-4,6-8,10,21,24-25,27H,5,9,11-13,15-20H2,1-2H3,(H,34,40)/t24-,25-,27-/m0/s1. The first-order valence-corrected chi connectivity index (χ1v) is 14.8. The van der Waals surface area contributed by atoms with Gasteiger partial charge < -0.3 is 24.8 Å². The Balaban J connectivity index is 1.33. The molecule has 0 radical (unpaired) electrons. The molecule has 3 aromatic rings. The zero-order valence-electron chi connectivity index (χ0n) is 24.1. The topological polar surface area (TPSA) is 97.6 Å². The third kappa shape index (κ3) is 5.53. The molecular weight excluding hydrogens is 514 g/mol. The number of benzene rings is 2. The Labute approximate surface area is 242 Å². The van der Waals surface area contributed by atoms with Crippen LogP contribution in [-0.2, 0) is 17.8 Å². The lowest BCUT2D eigenvalue weighted by Gasteiger charge is -2.40. The van der Waals surface area contributed by atoms with E-state index in [0.717, 1.165) is 56.8 Å². The van der Waals surface area contributed by atoms with E-state index in [2.05, 4.69) is 76.5 Å². The number of aromatic nitrogens is 2. The molecule has 3 atom stereocenters. The Morgan fingerprint density at radius 1 is 1.12 bits per heavy atom. The van der Waals surface area contributed by atoms with Gasteiger partial charge in [0, 0.05) is 60.7 Å². The van der Waals surface area contributed by atoms with E-state index in [9.17, 15) is 10.1 Å². The molecule has 214 valence electrons. The minimum atomic E-state index is -0.000203. The number of nitrogens with one attached hydrogen (secondary N) is 1. The van der Waals surface area contributed by atoms with Gasteiger partial charge in [-0.15, -0.1) is 0 Å². The maximum absolute atomic E-state index is 11.2. The molecule has 4 heterocycles. The van der Waals surface area contributed by atoms with Crippen molar-refractivity contribution < 1.29 is 9.53 Å². The molecule has 41 heavy (non-hydrogen) atoms. The predicted octanol–water partition coefficient (Wildman–Crippen LogP) is 3.83. The summed E-state index contributed by atoms with van der Waals surface area (Å²) in [5, 5.41) is 15.0. The number of carbonyl (C=O) groups is 1. The van der Waals surface area contributed by atoms with E-state index in [1.807, 2.05) is 0 Å². The van der Waals surface area contributed by atoms with Gasteiger partial charge in [-0.05, 0) is 63.2 Å². The van der Waals surface area contributed by atoms with Crippen molar-refractivity contribution in [1.82, 2.24) is 20.2 Å². The maximum atomic E-state index is 11.2. The molecule has 0 saturated carbocycles. The minimum absolute atomic E-state index is 0.000203. The molecule has 9 nitrogen and oxygen atoms in total. The summed E-state index contributed by atoms with van der Waals surface area (Å²) in [5.74, 6) is 0.964. The highest BCUT2D eigenvalue weighted by atomic mass is 16.5. The SMILES string of the molecule is Cc1cccc2cccc(N3CCc4c(nc(OC[C@@H]5CCCN5C)nc4N4CC[C@H](NC=O)[C@@H](CC#N)C4)C3)c12. The van der Waals surface area contributed by atoms with Crippen LogP contribution in [0.15, 0.2) is 36.4 Å². The summed E-state index contributed by atoms with van der Waals surface area (Å²) in [6.45, 7) is 6.82. The fourth-order valence-electron chi connectivity index (χ4n) is 6.91. The zero-order valence-corrected chi connectivity index (χ0v) is 24.1. The predicted molar refractivity (Wildman–Crippen MR) is 160 cm³/mol. The molecule has 0 aliphatic carbocycles. The van der Waals surface area contributed by atoms with Crippen LogP contribution < -0.4 is 19.9 Å². The lowest BCUT2D eigenvalue weighted by molar-refractivity contribution is -0.110. The number of anilines is 2. The third-order valence-electron chi connectivity index (χ3n) is 9.20. The largest absolute Gasteiger partial charge is 0.462 e. The van der Waals surface area contributed by atoms with Crippen molar-refractivity contribution in [2.24, 2.45) is 5.92 Å². The lowest BCUT2D eigenvalue weighted by Crippen LogP contribution is -2.49.